The predicted octanol–water partition coefficient (Wildman–Crippen LogP) is -0.466. The number of hydrogen-bond acceptors (Lipinski definition) is 4. The molecule has 0 aromatic carbocycles. The van der Waals surface area contributed by atoms with Crippen molar-refractivity contribution < 1.29 is 8.42 Å². The maximum absolute atomic E-state index is 11.6. The summed E-state index contributed by atoms with van der Waals surface area (Å²) in [5.41, 5.74) is 6.13. The van der Waals surface area contributed by atoms with Crippen molar-refractivity contribution in [2.45, 2.75) is 26.4 Å². The molecule has 0 amide bonds. The summed E-state index contributed by atoms with van der Waals surface area (Å²) in [7, 11) is -1.88. The van der Waals surface area contributed by atoms with E-state index in [4.69, 9.17) is 5.73 Å². The minimum atomic E-state index is -3.58. The number of nitrogens with one attached hydrogen (secondary N) is 2. The number of anilines is 1. The Balaban J connectivity index is 2.87. The summed E-state index contributed by atoms with van der Waals surface area (Å²) >= 11 is 0. The van der Waals surface area contributed by atoms with Crippen LogP contribution in [0.1, 0.15) is 19.4 Å². The summed E-state index contributed by atoms with van der Waals surface area (Å²) in [5.74, 6) is 0.262. The van der Waals surface area contributed by atoms with Gasteiger partial charge < -0.3 is 5.73 Å². The van der Waals surface area contributed by atoms with E-state index in [1.54, 1.807) is 27.1 Å². The van der Waals surface area contributed by atoms with Crippen molar-refractivity contribution in [2.75, 3.05) is 4.72 Å². The Kier molecular flexibility index (Phi) is 3.89. The highest BCUT2D eigenvalue weighted by molar-refractivity contribution is 7.90. The monoisotopic (exact) mass is 247 g/mol. The summed E-state index contributed by atoms with van der Waals surface area (Å²) in [6.45, 7) is 3.70. The number of nitrogens with zero attached hydrogens (tertiary/aromatic N) is 2. The molecule has 1 aromatic rings. The van der Waals surface area contributed by atoms with E-state index in [9.17, 15) is 8.42 Å². The van der Waals surface area contributed by atoms with Gasteiger partial charge in [0.25, 0.3) is 0 Å². The van der Waals surface area contributed by atoms with E-state index < -0.39 is 10.2 Å². The third-order valence-electron chi connectivity index (χ3n) is 1.75. The molecule has 0 aliphatic carbocycles. The van der Waals surface area contributed by atoms with Gasteiger partial charge in [-0.2, -0.15) is 18.2 Å². The Morgan fingerprint density at radius 1 is 1.56 bits per heavy atom. The van der Waals surface area contributed by atoms with Crippen molar-refractivity contribution >= 4 is 16.0 Å². The highest BCUT2D eigenvalue weighted by Crippen LogP contribution is 2.12. The van der Waals surface area contributed by atoms with Gasteiger partial charge in [0.1, 0.15) is 0 Å². The Bertz CT molecular complexity index is 451. The molecule has 92 valence electrons. The van der Waals surface area contributed by atoms with Crippen LogP contribution in [0.15, 0.2) is 6.20 Å². The molecule has 0 fully saturated rings. The molecule has 0 aliphatic rings. The second-order valence-electron chi connectivity index (χ2n) is 3.76. The Morgan fingerprint density at radius 3 is 2.69 bits per heavy atom. The molecule has 4 N–H and O–H groups in total. The lowest BCUT2D eigenvalue weighted by Crippen LogP contribution is -2.35. The number of aryl methyl sites for hydroxylation is 1. The molecule has 16 heavy (non-hydrogen) atoms. The van der Waals surface area contributed by atoms with Crippen molar-refractivity contribution in [3.8, 4) is 0 Å². The van der Waals surface area contributed by atoms with E-state index in [-0.39, 0.29) is 18.4 Å². The van der Waals surface area contributed by atoms with Crippen molar-refractivity contribution in [3.05, 3.63) is 11.8 Å². The van der Waals surface area contributed by atoms with Crippen molar-refractivity contribution in [1.29, 1.82) is 0 Å². The Hall–Kier alpha value is -1.12. The quantitative estimate of drug-likeness (QED) is 0.654. The van der Waals surface area contributed by atoms with Crippen LogP contribution < -0.4 is 15.2 Å². The summed E-state index contributed by atoms with van der Waals surface area (Å²) in [4.78, 5) is 0. The standard InChI is InChI=1S/C8H17N5O2S/c1-6(2)11-16(14,15)12-8-7(4-9)5-13(3)10-8/h5-6,11H,4,9H2,1-3H3,(H,10,12). The van der Waals surface area contributed by atoms with Gasteiger partial charge in [-0.1, -0.05) is 0 Å². The third-order valence-corrected chi connectivity index (χ3v) is 2.99. The molecule has 0 radical (unpaired) electrons. The van der Waals surface area contributed by atoms with E-state index in [2.05, 4.69) is 14.5 Å². The van der Waals surface area contributed by atoms with Gasteiger partial charge in [0.15, 0.2) is 5.82 Å². The van der Waals surface area contributed by atoms with Crippen LogP contribution in [0, 0.1) is 0 Å². The van der Waals surface area contributed by atoms with E-state index >= 15 is 0 Å². The molecule has 0 aliphatic heterocycles. The second kappa shape index (κ2) is 4.81. The van der Waals surface area contributed by atoms with Crippen LogP contribution in [0.25, 0.3) is 0 Å². The van der Waals surface area contributed by atoms with Crippen molar-refractivity contribution in [1.82, 2.24) is 14.5 Å². The molecule has 1 aromatic heterocycles. The summed E-state index contributed by atoms with van der Waals surface area (Å²) in [5, 5.41) is 3.98. The Labute approximate surface area is 95.2 Å². The minimum absolute atomic E-state index is 0.178. The van der Waals surface area contributed by atoms with Crippen LogP contribution in [0.2, 0.25) is 0 Å². The highest BCUT2D eigenvalue weighted by atomic mass is 32.2. The molecule has 8 heteroatoms. The number of aromatic nitrogens is 2. The molecule has 7 nitrogen and oxygen atoms in total. The zero-order chi connectivity index (χ0) is 12.3. The Morgan fingerprint density at radius 2 is 2.19 bits per heavy atom. The maximum Gasteiger partial charge on any atom is 0.300 e. The summed E-state index contributed by atoms with van der Waals surface area (Å²) < 4.78 is 29.4. The lowest BCUT2D eigenvalue weighted by Gasteiger charge is -2.10. The van der Waals surface area contributed by atoms with Crippen LogP contribution >= 0.6 is 0 Å². The summed E-state index contributed by atoms with van der Waals surface area (Å²) in [6.07, 6.45) is 1.67. The van der Waals surface area contributed by atoms with Gasteiger partial charge in [0, 0.05) is 31.4 Å². The smallest absolute Gasteiger partial charge is 0.300 e. The molecule has 0 unspecified atom stereocenters. The normalized spacial score (nSPS) is 12.1. The first-order valence-corrected chi connectivity index (χ1v) is 6.35. The van der Waals surface area contributed by atoms with E-state index in [0.29, 0.717) is 5.56 Å². The first-order chi connectivity index (χ1) is 7.34. The molecule has 1 rings (SSSR count). The molecule has 1 heterocycles. The average molecular weight is 247 g/mol. The van der Waals surface area contributed by atoms with E-state index in [1.807, 2.05) is 0 Å². The van der Waals surface area contributed by atoms with Gasteiger partial charge in [0.2, 0.25) is 0 Å². The molecular formula is C8H17N5O2S. The zero-order valence-electron chi connectivity index (χ0n) is 9.56. The van der Waals surface area contributed by atoms with Crippen LogP contribution in [-0.2, 0) is 23.8 Å². The van der Waals surface area contributed by atoms with Gasteiger partial charge in [-0.25, -0.2) is 0 Å². The first-order valence-electron chi connectivity index (χ1n) is 4.86. The lowest BCUT2D eigenvalue weighted by atomic mass is 10.3. The number of hydrogen-bond donors (Lipinski definition) is 3. The van der Waals surface area contributed by atoms with Crippen LogP contribution in [-0.4, -0.2) is 24.2 Å². The topological polar surface area (TPSA) is 102 Å². The van der Waals surface area contributed by atoms with Gasteiger partial charge in [-0.05, 0) is 13.8 Å². The fourth-order valence-corrected chi connectivity index (χ4v) is 2.35. The third kappa shape index (κ3) is 3.47. The fraction of sp³-hybridized carbons (Fsp3) is 0.625. The lowest BCUT2D eigenvalue weighted by molar-refractivity contribution is 0.575. The zero-order valence-corrected chi connectivity index (χ0v) is 10.4. The second-order valence-corrected chi connectivity index (χ2v) is 5.21. The largest absolute Gasteiger partial charge is 0.326 e. The van der Waals surface area contributed by atoms with Crippen molar-refractivity contribution in [2.24, 2.45) is 12.8 Å². The average Bonchev–Trinajstić information content (AvgIpc) is 2.42. The predicted molar refractivity (Wildman–Crippen MR) is 61.9 cm³/mol. The van der Waals surface area contributed by atoms with Gasteiger partial charge in [-0.3, -0.25) is 9.40 Å². The minimum Gasteiger partial charge on any atom is -0.326 e. The van der Waals surface area contributed by atoms with E-state index in [0.717, 1.165) is 0 Å². The van der Waals surface area contributed by atoms with Crippen molar-refractivity contribution in [3.63, 3.8) is 0 Å². The molecule has 0 bridgehead atoms. The molecule has 0 saturated carbocycles. The maximum atomic E-state index is 11.6. The molecular weight excluding hydrogens is 230 g/mol. The number of rotatable bonds is 5. The van der Waals surface area contributed by atoms with Crippen LogP contribution in [0.3, 0.4) is 0 Å². The van der Waals surface area contributed by atoms with Crippen LogP contribution in [0.5, 0.6) is 0 Å². The number of nitrogens with two attached hydrogens (primary N) is 1. The fourth-order valence-electron chi connectivity index (χ4n) is 1.24. The molecule has 0 spiro atoms. The molecule has 0 saturated heterocycles. The van der Waals surface area contributed by atoms with E-state index in [1.165, 1.54) is 4.68 Å². The SMILES string of the molecule is CC(C)NS(=O)(=O)Nc1nn(C)cc1CN. The van der Waals surface area contributed by atoms with Gasteiger partial charge in [-0.15, -0.1) is 0 Å². The molecule has 0 atom stereocenters. The highest BCUT2D eigenvalue weighted by Gasteiger charge is 2.15. The van der Waals surface area contributed by atoms with Gasteiger partial charge >= 0.3 is 10.2 Å². The van der Waals surface area contributed by atoms with Gasteiger partial charge in [0.05, 0.1) is 0 Å². The first kappa shape index (κ1) is 12.9. The summed E-state index contributed by atoms with van der Waals surface area (Å²) in [6, 6.07) is -0.178. The van der Waals surface area contributed by atoms with Crippen LogP contribution in [0.4, 0.5) is 5.82 Å².